The van der Waals surface area contributed by atoms with Crippen molar-refractivity contribution in [1.82, 2.24) is 9.21 Å². The molecular formula is C27H28N4O4S2. The second kappa shape index (κ2) is 10.8. The summed E-state index contributed by atoms with van der Waals surface area (Å²) in [7, 11) is -3.80. The topological polar surface area (TPSA) is 111 Å². The molecule has 8 nitrogen and oxygen atoms in total. The van der Waals surface area contributed by atoms with Gasteiger partial charge in [-0.2, -0.15) is 9.57 Å². The molecule has 37 heavy (non-hydrogen) atoms. The van der Waals surface area contributed by atoms with E-state index in [4.69, 9.17) is 0 Å². The molecule has 0 radical (unpaired) electrons. The van der Waals surface area contributed by atoms with Crippen molar-refractivity contribution in [3.8, 4) is 6.07 Å². The van der Waals surface area contributed by atoms with Gasteiger partial charge in [-0.1, -0.05) is 30.3 Å². The first kappa shape index (κ1) is 26.5. The third kappa shape index (κ3) is 5.59. The summed E-state index contributed by atoms with van der Waals surface area (Å²) >= 11 is 1.30. The van der Waals surface area contributed by atoms with Gasteiger partial charge in [0.15, 0.2) is 0 Å². The first-order valence-electron chi connectivity index (χ1n) is 11.9. The van der Waals surface area contributed by atoms with Gasteiger partial charge in [0.1, 0.15) is 11.1 Å². The third-order valence-electron chi connectivity index (χ3n) is 6.32. The molecule has 1 aliphatic heterocycles. The van der Waals surface area contributed by atoms with E-state index in [1.54, 1.807) is 4.90 Å². The normalized spacial score (nSPS) is 13.4. The summed E-state index contributed by atoms with van der Waals surface area (Å²) in [5.74, 6) is -0.467. The van der Waals surface area contributed by atoms with Crippen LogP contribution >= 0.6 is 11.3 Å². The van der Waals surface area contributed by atoms with E-state index in [2.05, 4.69) is 11.4 Å². The zero-order chi connectivity index (χ0) is 26.7. The van der Waals surface area contributed by atoms with Crippen molar-refractivity contribution in [2.75, 3.05) is 11.9 Å². The number of nitrogens with zero attached hydrogens (tertiary/aromatic N) is 3. The fourth-order valence-corrected chi connectivity index (χ4v) is 7.11. The Bertz CT molecular complexity index is 1460. The van der Waals surface area contributed by atoms with Crippen molar-refractivity contribution in [1.29, 1.82) is 5.26 Å². The summed E-state index contributed by atoms with van der Waals surface area (Å²) in [6.07, 6.45) is 0.562. The molecule has 3 aromatic rings. The van der Waals surface area contributed by atoms with Crippen LogP contribution in [-0.4, -0.2) is 42.0 Å². The van der Waals surface area contributed by atoms with E-state index in [0.29, 0.717) is 30.1 Å². The van der Waals surface area contributed by atoms with E-state index >= 15 is 0 Å². The predicted octanol–water partition coefficient (Wildman–Crippen LogP) is 4.38. The number of rotatable bonds is 7. The molecule has 2 amide bonds. The third-order valence-corrected chi connectivity index (χ3v) is 9.49. The minimum absolute atomic E-state index is 0.0296. The Hall–Kier alpha value is -3.52. The van der Waals surface area contributed by atoms with Gasteiger partial charge in [0, 0.05) is 36.5 Å². The molecule has 0 saturated carbocycles. The fraction of sp³-hybridized carbons (Fsp3) is 0.296. The molecule has 4 rings (SSSR count). The highest BCUT2D eigenvalue weighted by molar-refractivity contribution is 7.89. The molecule has 1 N–H and O–H groups in total. The van der Waals surface area contributed by atoms with E-state index in [-0.39, 0.29) is 29.0 Å². The lowest BCUT2D eigenvalue weighted by molar-refractivity contribution is -0.129. The first-order valence-corrected chi connectivity index (χ1v) is 14.1. The van der Waals surface area contributed by atoms with Crippen LogP contribution in [-0.2, 0) is 34.3 Å². The Morgan fingerprint density at radius 3 is 2.41 bits per heavy atom. The lowest BCUT2D eigenvalue weighted by Crippen LogP contribution is -2.36. The Morgan fingerprint density at radius 1 is 1.14 bits per heavy atom. The summed E-state index contributed by atoms with van der Waals surface area (Å²) in [6.45, 7) is 6.36. The van der Waals surface area contributed by atoms with Crippen LogP contribution in [0.2, 0.25) is 0 Å². The maximum atomic E-state index is 13.4. The van der Waals surface area contributed by atoms with E-state index in [1.165, 1.54) is 46.8 Å². The molecule has 0 fully saturated rings. The molecule has 1 aliphatic rings. The van der Waals surface area contributed by atoms with Gasteiger partial charge >= 0.3 is 0 Å². The van der Waals surface area contributed by atoms with Crippen molar-refractivity contribution in [2.45, 2.75) is 51.2 Å². The minimum Gasteiger partial charge on any atom is -0.337 e. The van der Waals surface area contributed by atoms with Gasteiger partial charge in [0.05, 0.1) is 17.0 Å². The van der Waals surface area contributed by atoms with Gasteiger partial charge < -0.3 is 10.2 Å². The lowest BCUT2D eigenvalue weighted by atomic mass is 10.0. The molecule has 0 spiro atoms. The van der Waals surface area contributed by atoms with Crippen LogP contribution in [0.1, 0.15) is 52.7 Å². The summed E-state index contributed by atoms with van der Waals surface area (Å²) in [5.41, 5.74) is 2.45. The van der Waals surface area contributed by atoms with Crippen molar-refractivity contribution in [3.05, 3.63) is 81.7 Å². The number of hydrogen-bond donors (Lipinski definition) is 1. The fourth-order valence-electron chi connectivity index (χ4n) is 4.28. The quantitative estimate of drug-likeness (QED) is 0.482. The van der Waals surface area contributed by atoms with Gasteiger partial charge in [0.25, 0.3) is 5.91 Å². The smallest absolute Gasteiger partial charge is 0.256 e. The zero-order valence-electron chi connectivity index (χ0n) is 20.9. The Kier molecular flexibility index (Phi) is 7.78. The van der Waals surface area contributed by atoms with E-state index in [9.17, 15) is 23.3 Å². The summed E-state index contributed by atoms with van der Waals surface area (Å²) in [6, 6.07) is 17.1. The van der Waals surface area contributed by atoms with E-state index in [0.717, 1.165) is 16.0 Å². The largest absolute Gasteiger partial charge is 0.337 e. The van der Waals surface area contributed by atoms with Gasteiger partial charge in [-0.25, -0.2) is 8.42 Å². The second-order valence-electron chi connectivity index (χ2n) is 9.12. The van der Waals surface area contributed by atoms with Gasteiger partial charge in [-0.05, 0) is 55.7 Å². The number of fused-ring (bicyclic) bond motifs is 1. The van der Waals surface area contributed by atoms with E-state index in [1.807, 2.05) is 44.2 Å². The van der Waals surface area contributed by atoms with Crippen LogP contribution in [0.25, 0.3) is 0 Å². The molecule has 0 atom stereocenters. The highest BCUT2D eigenvalue weighted by atomic mass is 32.2. The number of thiophene rings is 1. The zero-order valence-corrected chi connectivity index (χ0v) is 22.5. The second-order valence-corrected chi connectivity index (χ2v) is 12.1. The molecule has 2 heterocycles. The number of sulfonamides is 1. The number of hydrogen-bond acceptors (Lipinski definition) is 6. The Balaban J connectivity index is 1.53. The van der Waals surface area contributed by atoms with Crippen LogP contribution in [0.5, 0.6) is 0 Å². The molecule has 192 valence electrons. The van der Waals surface area contributed by atoms with Crippen molar-refractivity contribution in [2.24, 2.45) is 0 Å². The van der Waals surface area contributed by atoms with Crippen molar-refractivity contribution in [3.63, 3.8) is 0 Å². The maximum Gasteiger partial charge on any atom is 0.256 e. The van der Waals surface area contributed by atoms with Gasteiger partial charge in [0.2, 0.25) is 15.9 Å². The predicted molar refractivity (Wildman–Crippen MR) is 143 cm³/mol. The lowest BCUT2D eigenvalue weighted by Gasteiger charge is -2.26. The first-order chi connectivity index (χ1) is 17.6. The highest BCUT2D eigenvalue weighted by Crippen LogP contribution is 2.37. The van der Waals surface area contributed by atoms with Gasteiger partial charge in [-0.15, -0.1) is 11.3 Å². The number of anilines is 1. The monoisotopic (exact) mass is 536 g/mol. The van der Waals surface area contributed by atoms with Crippen molar-refractivity contribution < 1.29 is 18.0 Å². The Morgan fingerprint density at radius 2 is 1.81 bits per heavy atom. The summed E-state index contributed by atoms with van der Waals surface area (Å²) in [4.78, 5) is 27.4. The molecule has 0 saturated heterocycles. The number of carbonyl (C=O) groups excluding carboxylic acids is 2. The maximum absolute atomic E-state index is 13.4. The number of benzene rings is 2. The number of nitrogens with one attached hydrogen (secondary N) is 1. The average Bonchev–Trinajstić information content (AvgIpc) is 3.23. The molecular weight excluding hydrogens is 508 g/mol. The van der Waals surface area contributed by atoms with Crippen LogP contribution < -0.4 is 5.32 Å². The van der Waals surface area contributed by atoms with Gasteiger partial charge in [-0.3, -0.25) is 9.59 Å². The minimum atomic E-state index is -3.80. The number of carbonyl (C=O) groups is 2. The molecule has 0 bridgehead atoms. The average molecular weight is 537 g/mol. The van der Waals surface area contributed by atoms with E-state index < -0.39 is 15.9 Å². The van der Waals surface area contributed by atoms with Crippen LogP contribution in [0, 0.1) is 11.3 Å². The number of amides is 2. The molecule has 2 aromatic carbocycles. The van der Waals surface area contributed by atoms with Crippen LogP contribution in [0.4, 0.5) is 5.00 Å². The van der Waals surface area contributed by atoms with Crippen LogP contribution in [0.3, 0.4) is 0 Å². The molecule has 0 aliphatic carbocycles. The number of nitriles is 1. The standard InChI is InChI=1S/C27H28N4O4S2/c1-18(2)31(16-20-7-5-4-6-8-20)37(34,35)22-11-9-21(10-12-22)26(33)29-27-24(15-28)23-13-14-30(19(3)32)17-25(23)36-27/h4-12,18H,13-14,16-17H2,1-3H3,(H,29,33). The summed E-state index contributed by atoms with van der Waals surface area (Å²) < 4.78 is 28.2. The molecule has 10 heteroatoms. The van der Waals surface area contributed by atoms with Crippen molar-refractivity contribution >= 4 is 38.2 Å². The highest BCUT2D eigenvalue weighted by Gasteiger charge is 2.28. The SMILES string of the molecule is CC(=O)N1CCc2c(sc(NC(=O)c3ccc(S(=O)(=O)N(Cc4ccccc4)C(C)C)cc3)c2C#N)C1. The molecule has 0 unspecified atom stereocenters. The summed E-state index contributed by atoms with van der Waals surface area (Å²) in [5, 5.41) is 12.9. The van der Waals surface area contributed by atoms with Crippen LogP contribution in [0.15, 0.2) is 59.5 Å². The molecule has 1 aromatic heterocycles. The Labute approximate surface area is 221 Å².